The number of carbonyl (C=O) groups is 1. The SMILES string of the molecule is CN(C)C(=O)C(O)c1c(-c2ccc(F)cc2)nc2n3c4c(cccc4n12)CC3. The third kappa shape index (κ3) is 2.23. The summed E-state index contributed by atoms with van der Waals surface area (Å²) in [7, 11) is 3.21. The zero-order chi connectivity index (χ0) is 19.6. The van der Waals surface area contributed by atoms with Crippen molar-refractivity contribution >= 4 is 22.7 Å². The highest BCUT2D eigenvalue weighted by molar-refractivity contribution is 5.90. The van der Waals surface area contributed by atoms with Crippen molar-refractivity contribution in [3.05, 3.63) is 59.5 Å². The number of aliphatic hydroxyl groups excluding tert-OH is 1. The molecule has 28 heavy (non-hydrogen) atoms. The van der Waals surface area contributed by atoms with Crippen molar-refractivity contribution in [2.24, 2.45) is 0 Å². The highest BCUT2D eigenvalue weighted by Gasteiger charge is 2.32. The largest absolute Gasteiger partial charge is 0.377 e. The second-order valence-corrected chi connectivity index (χ2v) is 7.31. The molecular formula is C21H19FN4O2. The molecule has 0 aliphatic carbocycles. The fraction of sp³-hybridized carbons (Fsp3) is 0.238. The summed E-state index contributed by atoms with van der Waals surface area (Å²) in [5.74, 6) is -0.101. The lowest BCUT2D eigenvalue weighted by Crippen LogP contribution is -2.29. The van der Waals surface area contributed by atoms with Crippen molar-refractivity contribution in [2.45, 2.75) is 19.1 Å². The summed E-state index contributed by atoms with van der Waals surface area (Å²) in [6.45, 7) is 0.795. The summed E-state index contributed by atoms with van der Waals surface area (Å²) in [5.41, 5.74) is 4.77. The monoisotopic (exact) mass is 378 g/mol. The van der Waals surface area contributed by atoms with Gasteiger partial charge in [0.1, 0.15) is 5.82 Å². The Labute approximate surface area is 160 Å². The Morgan fingerprint density at radius 2 is 1.96 bits per heavy atom. The molecule has 2 aromatic carbocycles. The molecule has 3 heterocycles. The summed E-state index contributed by atoms with van der Waals surface area (Å²) < 4.78 is 17.4. The predicted octanol–water partition coefficient (Wildman–Crippen LogP) is 2.77. The van der Waals surface area contributed by atoms with Crippen molar-refractivity contribution in [3.63, 3.8) is 0 Å². The second-order valence-electron chi connectivity index (χ2n) is 7.31. The van der Waals surface area contributed by atoms with E-state index in [2.05, 4.69) is 10.6 Å². The summed E-state index contributed by atoms with van der Waals surface area (Å²) >= 11 is 0. The first-order valence-corrected chi connectivity index (χ1v) is 9.15. The number of benzene rings is 2. The summed E-state index contributed by atoms with van der Waals surface area (Å²) in [5, 5.41) is 11.0. The third-order valence-corrected chi connectivity index (χ3v) is 5.40. The first-order valence-electron chi connectivity index (χ1n) is 9.15. The lowest BCUT2D eigenvalue weighted by atomic mass is 10.1. The lowest BCUT2D eigenvalue weighted by molar-refractivity contribution is -0.138. The molecule has 0 bridgehead atoms. The number of hydrogen-bond acceptors (Lipinski definition) is 3. The molecule has 0 saturated heterocycles. The molecule has 0 spiro atoms. The maximum atomic E-state index is 13.4. The third-order valence-electron chi connectivity index (χ3n) is 5.40. The molecule has 2 aromatic heterocycles. The molecular weight excluding hydrogens is 359 g/mol. The Bertz CT molecular complexity index is 1240. The van der Waals surface area contributed by atoms with Crippen LogP contribution in [-0.4, -0.2) is 44.0 Å². The van der Waals surface area contributed by atoms with Gasteiger partial charge in [-0.3, -0.25) is 9.20 Å². The number of aliphatic hydroxyl groups is 1. The number of nitrogens with zero attached hydrogens (tertiary/aromatic N) is 4. The number of hydrogen-bond donors (Lipinski definition) is 1. The molecule has 1 aliphatic heterocycles. The Kier molecular flexibility index (Phi) is 3.57. The topological polar surface area (TPSA) is 62.8 Å². The molecule has 1 atom stereocenters. The number of imidazole rings is 2. The minimum atomic E-state index is -1.38. The molecule has 1 unspecified atom stereocenters. The molecule has 142 valence electrons. The quantitative estimate of drug-likeness (QED) is 0.596. The van der Waals surface area contributed by atoms with E-state index in [0.717, 1.165) is 24.0 Å². The van der Waals surface area contributed by atoms with Gasteiger partial charge in [-0.2, -0.15) is 0 Å². The Balaban J connectivity index is 1.87. The van der Waals surface area contributed by atoms with Gasteiger partial charge >= 0.3 is 0 Å². The van der Waals surface area contributed by atoms with Crippen molar-refractivity contribution in [1.29, 1.82) is 0 Å². The van der Waals surface area contributed by atoms with Crippen molar-refractivity contribution in [1.82, 2.24) is 18.9 Å². The number of rotatable bonds is 3. The summed E-state index contributed by atoms with van der Waals surface area (Å²) in [4.78, 5) is 18.8. The number of aromatic nitrogens is 3. The average molecular weight is 378 g/mol. The van der Waals surface area contributed by atoms with E-state index in [4.69, 9.17) is 4.98 Å². The standard InChI is InChI=1S/C21H19FN4O2/c1-24(2)20(28)19(27)18-16(12-6-8-14(22)9-7-12)23-21-25-11-10-13-4-3-5-15(17(13)25)26(18)21/h3-9,19,27H,10-11H2,1-2H3. The van der Waals surface area contributed by atoms with E-state index >= 15 is 0 Å². The van der Waals surface area contributed by atoms with Crippen LogP contribution in [0.3, 0.4) is 0 Å². The van der Waals surface area contributed by atoms with Crippen LogP contribution in [0.4, 0.5) is 4.39 Å². The van der Waals surface area contributed by atoms with Crippen LogP contribution in [0.1, 0.15) is 17.4 Å². The van der Waals surface area contributed by atoms with Gasteiger partial charge in [-0.05, 0) is 42.3 Å². The van der Waals surface area contributed by atoms with Crippen molar-refractivity contribution in [3.8, 4) is 11.3 Å². The van der Waals surface area contributed by atoms with E-state index < -0.39 is 12.0 Å². The average Bonchev–Trinajstić information content (AvgIpc) is 3.36. The van der Waals surface area contributed by atoms with Crippen LogP contribution < -0.4 is 0 Å². The number of carbonyl (C=O) groups excluding carboxylic acids is 1. The zero-order valence-corrected chi connectivity index (χ0v) is 15.6. The normalized spacial score (nSPS) is 14.1. The van der Waals surface area contributed by atoms with E-state index in [1.807, 2.05) is 16.5 Å². The summed E-state index contributed by atoms with van der Waals surface area (Å²) in [6, 6.07) is 12.0. The number of likely N-dealkylation sites (N-methyl/N-ethyl adjacent to an activating group) is 1. The van der Waals surface area contributed by atoms with Gasteiger partial charge in [0.05, 0.1) is 22.4 Å². The van der Waals surface area contributed by atoms with E-state index in [1.54, 1.807) is 26.2 Å². The van der Waals surface area contributed by atoms with Crippen LogP contribution >= 0.6 is 0 Å². The van der Waals surface area contributed by atoms with Crippen LogP contribution in [0.25, 0.3) is 28.1 Å². The van der Waals surface area contributed by atoms with E-state index in [1.165, 1.54) is 22.6 Å². The number of halogens is 1. The van der Waals surface area contributed by atoms with E-state index in [9.17, 15) is 14.3 Å². The van der Waals surface area contributed by atoms with Gasteiger partial charge in [0, 0.05) is 26.2 Å². The van der Waals surface area contributed by atoms with Crippen LogP contribution in [0.5, 0.6) is 0 Å². The van der Waals surface area contributed by atoms with Crippen LogP contribution in [0.2, 0.25) is 0 Å². The maximum absolute atomic E-state index is 13.4. The zero-order valence-electron chi connectivity index (χ0n) is 15.6. The molecule has 7 heteroatoms. The van der Waals surface area contributed by atoms with E-state index in [0.29, 0.717) is 22.7 Å². The highest BCUT2D eigenvalue weighted by Crippen LogP contribution is 2.37. The number of fused-ring (bicyclic) bond motifs is 3. The molecule has 6 nitrogen and oxygen atoms in total. The Morgan fingerprint density at radius 1 is 1.21 bits per heavy atom. The van der Waals surface area contributed by atoms with Gasteiger partial charge in [0.2, 0.25) is 5.78 Å². The van der Waals surface area contributed by atoms with Crippen LogP contribution in [-0.2, 0) is 17.8 Å². The second kappa shape index (κ2) is 5.90. The molecule has 1 aliphatic rings. The molecule has 1 N–H and O–H groups in total. The minimum Gasteiger partial charge on any atom is -0.377 e. The van der Waals surface area contributed by atoms with Crippen LogP contribution in [0, 0.1) is 5.82 Å². The molecule has 4 aromatic rings. The molecule has 1 amide bonds. The van der Waals surface area contributed by atoms with E-state index in [-0.39, 0.29) is 5.82 Å². The van der Waals surface area contributed by atoms with Gasteiger partial charge in [0.15, 0.2) is 6.10 Å². The van der Waals surface area contributed by atoms with Crippen LogP contribution in [0.15, 0.2) is 42.5 Å². The molecule has 0 fully saturated rings. The first kappa shape index (κ1) is 16.9. The van der Waals surface area contributed by atoms with Gasteiger partial charge in [0.25, 0.3) is 5.91 Å². The predicted molar refractivity (Wildman–Crippen MR) is 103 cm³/mol. The summed E-state index contributed by atoms with van der Waals surface area (Å²) in [6.07, 6.45) is -0.455. The van der Waals surface area contributed by atoms with Gasteiger partial charge in [-0.1, -0.05) is 12.1 Å². The van der Waals surface area contributed by atoms with Crippen molar-refractivity contribution < 1.29 is 14.3 Å². The van der Waals surface area contributed by atoms with Gasteiger partial charge < -0.3 is 14.6 Å². The maximum Gasteiger partial charge on any atom is 0.257 e. The van der Waals surface area contributed by atoms with Gasteiger partial charge in [-0.15, -0.1) is 0 Å². The smallest absolute Gasteiger partial charge is 0.257 e. The molecule has 0 radical (unpaired) electrons. The Hall–Kier alpha value is -3.19. The van der Waals surface area contributed by atoms with Crippen molar-refractivity contribution in [2.75, 3.05) is 14.1 Å². The number of aryl methyl sites for hydroxylation is 2. The fourth-order valence-electron chi connectivity index (χ4n) is 4.09. The minimum absolute atomic E-state index is 0.350. The molecule has 5 rings (SSSR count). The highest BCUT2D eigenvalue weighted by atomic mass is 19.1. The molecule has 0 saturated carbocycles. The first-order chi connectivity index (χ1) is 13.5. The number of para-hydroxylation sites is 1. The van der Waals surface area contributed by atoms with Gasteiger partial charge in [-0.25, -0.2) is 9.37 Å². The number of amides is 1. The fourth-order valence-corrected chi connectivity index (χ4v) is 4.09. The lowest BCUT2D eigenvalue weighted by Gasteiger charge is -2.17. The Morgan fingerprint density at radius 3 is 2.68 bits per heavy atom.